The lowest BCUT2D eigenvalue weighted by atomic mass is 10.0. The lowest BCUT2D eigenvalue weighted by molar-refractivity contribution is -0.137. The Morgan fingerprint density at radius 1 is 0.939 bits per heavy atom. The topological polar surface area (TPSA) is 176 Å². The van der Waals surface area contributed by atoms with Crippen LogP contribution in [0, 0.1) is 18.3 Å². The molecule has 3 rings (SSSR count). The van der Waals surface area contributed by atoms with E-state index in [-0.39, 0.29) is 48.0 Å². The number of nitrogens with one attached hydrogen (secondary N) is 1. The van der Waals surface area contributed by atoms with Gasteiger partial charge in [0.2, 0.25) is 0 Å². The maximum Gasteiger partial charge on any atom is 0.416 e. The highest BCUT2D eigenvalue weighted by molar-refractivity contribution is 6.11. The molecule has 0 bridgehead atoms. The molecule has 0 aliphatic rings. The molecule has 0 radical (unpaired) electrons. The van der Waals surface area contributed by atoms with E-state index < -0.39 is 23.2 Å². The summed E-state index contributed by atoms with van der Waals surface area (Å²) in [5.74, 6) is -0.770. The van der Waals surface area contributed by atoms with Crippen LogP contribution < -0.4 is 22.3 Å². The highest BCUT2D eigenvalue weighted by Crippen LogP contribution is 2.30. The first-order chi connectivity index (χ1) is 23.6. The summed E-state index contributed by atoms with van der Waals surface area (Å²) < 4.78 is 63.4. The molecule has 49 heavy (non-hydrogen) atoms. The van der Waals surface area contributed by atoms with E-state index >= 15 is 0 Å². The predicted octanol–water partition coefficient (Wildman–Crippen LogP) is 3.38. The van der Waals surface area contributed by atoms with Crippen molar-refractivity contribution in [3.05, 3.63) is 105 Å². The van der Waals surface area contributed by atoms with Gasteiger partial charge in [-0.1, -0.05) is 6.07 Å². The number of aliphatic imine (C=N–C) groups is 1. The van der Waals surface area contributed by atoms with Crippen LogP contribution in [-0.4, -0.2) is 82.1 Å². The number of hydrogen-bond donors (Lipinski definition) is 3. The number of nitriles is 1. The Morgan fingerprint density at radius 2 is 1.55 bits per heavy atom. The number of benzene rings is 2. The lowest BCUT2D eigenvalue weighted by Crippen LogP contribution is -2.36. The second-order valence-corrected chi connectivity index (χ2v) is 10.3. The van der Waals surface area contributed by atoms with Gasteiger partial charge >= 0.3 is 6.18 Å². The van der Waals surface area contributed by atoms with E-state index in [1.807, 2.05) is 6.07 Å². The summed E-state index contributed by atoms with van der Waals surface area (Å²) in [6, 6.07) is 13.9. The Balaban J connectivity index is 1.79. The SMILES string of the molecule is Cc1c(C(C=CN)=Nc2ccc(C#N)cc2)cc(C(=O)NCCOCCOCCOCCOCCN)c(=O)n1-c1cccc(C(F)(F)F)c1. The number of alkyl halides is 3. The van der Waals surface area contributed by atoms with Gasteiger partial charge in [0.05, 0.1) is 81.5 Å². The number of carbonyl (C=O) groups excluding carboxylic acids is 1. The molecular formula is C34H39F3N6O6. The number of halogens is 3. The number of hydrogen-bond acceptors (Lipinski definition) is 10. The Labute approximate surface area is 281 Å². The van der Waals surface area contributed by atoms with Gasteiger partial charge in [-0.3, -0.25) is 14.2 Å². The van der Waals surface area contributed by atoms with E-state index in [0.29, 0.717) is 57.4 Å². The molecule has 0 aliphatic heterocycles. The molecule has 12 nitrogen and oxygen atoms in total. The summed E-state index contributed by atoms with van der Waals surface area (Å²) in [7, 11) is 0. The molecule has 2 aromatic carbocycles. The number of pyridine rings is 1. The molecule has 1 heterocycles. The lowest BCUT2D eigenvalue weighted by Gasteiger charge is -2.18. The molecule has 262 valence electrons. The van der Waals surface area contributed by atoms with Crippen LogP contribution in [0.1, 0.15) is 32.7 Å². The minimum atomic E-state index is -4.67. The zero-order valence-electron chi connectivity index (χ0n) is 27.0. The molecular weight excluding hydrogens is 645 g/mol. The van der Waals surface area contributed by atoms with Crippen LogP contribution in [0.25, 0.3) is 5.69 Å². The Kier molecular flexibility index (Phi) is 15.6. The van der Waals surface area contributed by atoms with Gasteiger partial charge in [-0.2, -0.15) is 18.4 Å². The number of nitrogens with zero attached hydrogens (tertiary/aromatic N) is 3. The smallest absolute Gasteiger partial charge is 0.405 e. The van der Waals surface area contributed by atoms with Gasteiger partial charge in [-0.25, -0.2) is 4.99 Å². The van der Waals surface area contributed by atoms with E-state index in [2.05, 4.69) is 10.3 Å². The summed E-state index contributed by atoms with van der Waals surface area (Å²) in [4.78, 5) is 31.7. The number of allylic oxidation sites excluding steroid dienone is 1. The van der Waals surface area contributed by atoms with Gasteiger partial charge in [0.25, 0.3) is 11.5 Å². The summed E-state index contributed by atoms with van der Waals surface area (Å²) in [5, 5.41) is 11.7. The van der Waals surface area contributed by atoms with Gasteiger partial charge in [-0.15, -0.1) is 0 Å². The minimum Gasteiger partial charge on any atom is -0.405 e. The first kappa shape index (κ1) is 38.6. The molecule has 3 aromatic rings. The third kappa shape index (κ3) is 12.0. The molecule has 0 saturated carbocycles. The van der Waals surface area contributed by atoms with Crippen LogP contribution in [0.5, 0.6) is 0 Å². The van der Waals surface area contributed by atoms with Gasteiger partial charge in [-0.05, 0) is 67.7 Å². The number of nitrogens with two attached hydrogens (primary N) is 2. The summed E-state index contributed by atoms with van der Waals surface area (Å²) in [6.07, 6.45) is -2.03. The van der Waals surface area contributed by atoms with Crippen LogP contribution in [0.2, 0.25) is 0 Å². The van der Waals surface area contributed by atoms with E-state index in [0.717, 1.165) is 16.7 Å². The predicted molar refractivity (Wildman–Crippen MR) is 177 cm³/mol. The fourth-order valence-electron chi connectivity index (χ4n) is 4.46. The number of aromatic nitrogens is 1. The van der Waals surface area contributed by atoms with E-state index in [1.54, 1.807) is 24.3 Å². The second kappa shape index (κ2) is 19.8. The van der Waals surface area contributed by atoms with Crippen LogP contribution in [0.3, 0.4) is 0 Å². The second-order valence-electron chi connectivity index (χ2n) is 10.3. The number of amides is 1. The molecule has 0 atom stereocenters. The van der Waals surface area contributed by atoms with Crippen LogP contribution >= 0.6 is 0 Å². The maximum atomic E-state index is 13.7. The van der Waals surface area contributed by atoms with Crippen molar-refractivity contribution in [1.82, 2.24) is 9.88 Å². The van der Waals surface area contributed by atoms with Crippen LogP contribution in [0.15, 0.2) is 76.7 Å². The summed E-state index contributed by atoms with van der Waals surface area (Å²) >= 11 is 0. The molecule has 0 aliphatic carbocycles. The van der Waals surface area contributed by atoms with Crippen molar-refractivity contribution in [2.24, 2.45) is 16.5 Å². The van der Waals surface area contributed by atoms with Gasteiger partial charge < -0.3 is 35.7 Å². The van der Waals surface area contributed by atoms with Crippen molar-refractivity contribution in [2.45, 2.75) is 13.1 Å². The molecule has 1 aromatic heterocycles. The van der Waals surface area contributed by atoms with Gasteiger partial charge in [0.1, 0.15) is 5.56 Å². The van der Waals surface area contributed by atoms with Crippen molar-refractivity contribution >= 4 is 17.3 Å². The molecule has 0 saturated heterocycles. The standard InChI is InChI=1S/C34H39F3N6O6/c1-24-29(31(9-10-38)42-27-7-5-25(23-40)6-8-27)22-30(33(45)43(24)28-4-2-3-26(21-28)34(35,36)37)32(44)41-12-14-47-16-18-49-20-19-48-17-15-46-13-11-39/h2-10,21-22H,11-20,38-39H2,1H3,(H,41,44). The maximum absolute atomic E-state index is 13.7. The average molecular weight is 685 g/mol. The third-order valence-corrected chi connectivity index (χ3v) is 6.81. The quantitative estimate of drug-likeness (QED) is 0.126. The first-order valence-electron chi connectivity index (χ1n) is 15.3. The molecule has 0 spiro atoms. The molecule has 0 unspecified atom stereocenters. The van der Waals surface area contributed by atoms with Gasteiger partial charge in [0.15, 0.2) is 0 Å². The summed E-state index contributed by atoms with van der Waals surface area (Å²) in [6.45, 7) is 4.76. The zero-order valence-corrected chi connectivity index (χ0v) is 27.0. The Bertz CT molecular complexity index is 1680. The van der Waals surface area contributed by atoms with Crippen molar-refractivity contribution < 1.29 is 36.9 Å². The average Bonchev–Trinajstić information content (AvgIpc) is 3.08. The number of carbonyl (C=O) groups is 1. The fraction of sp³-hybridized carbons (Fsp3) is 0.353. The minimum absolute atomic E-state index is 0.0336. The summed E-state index contributed by atoms with van der Waals surface area (Å²) in [5.41, 5.74) is 10.3. The van der Waals surface area contributed by atoms with E-state index in [1.165, 1.54) is 37.4 Å². The Morgan fingerprint density at radius 3 is 2.12 bits per heavy atom. The first-order valence-corrected chi connectivity index (χ1v) is 15.3. The highest BCUT2D eigenvalue weighted by atomic mass is 19.4. The van der Waals surface area contributed by atoms with Crippen molar-refractivity contribution in [2.75, 3.05) is 65.9 Å². The monoisotopic (exact) mass is 684 g/mol. The number of ether oxygens (including phenoxy) is 4. The zero-order chi connectivity index (χ0) is 35.6. The fourth-order valence-corrected chi connectivity index (χ4v) is 4.46. The largest absolute Gasteiger partial charge is 0.416 e. The van der Waals surface area contributed by atoms with E-state index in [4.69, 9.17) is 35.7 Å². The molecule has 1 amide bonds. The number of rotatable bonds is 19. The molecule has 15 heteroatoms. The van der Waals surface area contributed by atoms with Crippen LogP contribution in [0.4, 0.5) is 18.9 Å². The normalized spacial score (nSPS) is 12.0. The highest BCUT2D eigenvalue weighted by Gasteiger charge is 2.31. The van der Waals surface area contributed by atoms with Crippen LogP contribution in [-0.2, 0) is 25.1 Å². The van der Waals surface area contributed by atoms with Crippen molar-refractivity contribution in [3.8, 4) is 11.8 Å². The Hall–Kier alpha value is -4.85. The van der Waals surface area contributed by atoms with Gasteiger partial charge in [0, 0.05) is 30.0 Å². The molecule has 0 fully saturated rings. The third-order valence-electron chi connectivity index (χ3n) is 6.81. The van der Waals surface area contributed by atoms with Crippen molar-refractivity contribution in [1.29, 1.82) is 5.26 Å². The van der Waals surface area contributed by atoms with E-state index in [9.17, 15) is 22.8 Å². The molecule has 5 N–H and O–H groups in total. The van der Waals surface area contributed by atoms with Crippen molar-refractivity contribution in [3.63, 3.8) is 0 Å².